The summed E-state index contributed by atoms with van der Waals surface area (Å²) >= 11 is 0. The van der Waals surface area contributed by atoms with Crippen molar-refractivity contribution in [3.63, 3.8) is 0 Å². The first kappa shape index (κ1) is 13.9. The summed E-state index contributed by atoms with van der Waals surface area (Å²) in [6.45, 7) is 8.87. The minimum absolute atomic E-state index is 0.500. The molecule has 4 heteroatoms. The van der Waals surface area contributed by atoms with Gasteiger partial charge in [-0.05, 0) is 26.8 Å². The summed E-state index contributed by atoms with van der Waals surface area (Å²) in [6, 6.07) is 3.76. The molecule has 0 unspecified atom stereocenters. The average molecular weight is 238 g/mol. The van der Waals surface area contributed by atoms with Crippen LogP contribution in [0.4, 0.5) is 5.82 Å². The number of nitrogens with zero attached hydrogens (tertiary/aromatic N) is 2. The number of aliphatic hydroxyl groups excluding tert-OH is 1. The number of rotatable bonds is 7. The van der Waals surface area contributed by atoms with Crippen LogP contribution in [0.1, 0.15) is 32.4 Å². The maximum Gasteiger partial charge on any atom is 0.134 e. The fraction of sp³-hybridized carbons (Fsp3) is 0.615. The fourth-order valence-electron chi connectivity index (χ4n) is 1.73. The van der Waals surface area contributed by atoms with Crippen LogP contribution in [0, 0.1) is 0 Å². The van der Waals surface area contributed by atoms with Crippen LogP contribution in [0.2, 0.25) is 0 Å². The first-order valence-electron chi connectivity index (χ1n) is 6.16. The van der Waals surface area contributed by atoms with E-state index in [1.165, 1.54) is 0 Å². The number of anilines is 1. The molecule has 4 nitrogen and oxygen atoms in total. The molecule has 0 spiro atoms. The van der Waals surface area contributed by atoms with Crippen molar-refractivity contribution in [1.29, 1.82) is 0 Å². The summed E-state index contributed by atoms with van der Waals surface area (Å²) in [5.74, 6) is 0.852. The number of pyridine rings is 1. The van der Waals surface area contributed by atoms with Crippen LogP contribution in [-0.4, -0.2) is 36.4 Å². The standard InChI is InChI=1S/C13H22N2O2/c1-4-15(9-10-17-5-2)13-12(11(3)16)7-6-8-14-13/h6-8,11,16H,4-5,9-10H2,1-3H3/t11-/m1/s1. The minimum Gasteiger partial charge on any atom is -0.389 e. The van der Waals surface area contributed by atoms with E-state index in [0.717, 1.165) is 31.1 Å². The average Bonchev–Trinajstić information content (AvgIpc) is 2.35. The molecule has 1 aromatic heterocycles. The molecule has 1 rings (SSSR count). The van der Waals surface area contributed by atoms with Gasteiger partial charge in [0.25, 0.3) is 0 Å². The van der Waals surface area contributed by atoms with Crippen LogP contribution in [0.25, 0.3) is 0 Å². The Labute approximate surface area is 103 Å². The lowest BCUT2D eigenvalue weighted by molar-refractivity contribution is 0.153. The Morgan fingerprint density at radius 1 is 1.47 bits per heavy atom. The number of ether oxygens (including phenoxy) is 1. The van der Waals surface area contributed by atoms with Crippen molar-refractivity contribution in [1.82, 2.24) is 4.98 Å². The van der Waals surface area contributed by atoms with Gasteiger partial charge in [-0.25, -0.2) is 4.98 Å². The Bertz CT molecular complexity index is 329. The lowest BCUT2D eigenvalue weighted by atomic mass is 10.1. The number of hydrogen-bond donors (Lipinski definition) is 1. The van der Waals surface area contributed by atoms with E-state index in [9.17, 15) is 5.11 Å². The van der Waals surface area contributed by atoms with Crippen LogP contribution >= 0.6 is 0 Å². The molecule has 0 aliphatic heterocycles. The Morgan fingerprint density at radius 2 is 2.24 bits per heavy atom. The maximum atomic E-state index is 9.72. The van der Waals surface area contributed by atoms with Gasteiger partial charge in [-0.1, -0.05) is 6.07 Å². The lowest BCUT2D eigenvalue weighted by Crippen LogP contribution is -2.29. The summed E-state index contributed by atoms with van der Waals surface area (Å²) < 4.78 is 5.36. The van der Waals surface area contributed by atoms with Gasteiger partial charge in [0, 0.05) is 31.5 Å². The van der Waals surface area contributed by atoms with Crippen LogP contribution in [0.5, 0.6) is 0 Å². The third-order valence-electron chi connectivity index (χ3n) is 2.66. The summed E-state index contributed by atoms with van der Waals surface area (Å²) in [5.41, 5.74) is 0.867. The first-order valence-corrected chi connectivity index (χ1v) is 6.16. The van der Waals surface area contributed by atoms with Crippen molar-refractivity contribution in [3.8, 4) is 0 Å². The predicted molar refractivity (Wildman–Crippen MR) is 69.3 cm³/mol. The quantitative estimate of drug-likeness (QED) is 0.738. The molecule has 0 aliphatic rings. The van der Waals surface area contributed by atoms with E-state index in [1.54, 1.807) is 13.1 Å². The van der Waals surface area contributed by atoms with Gasteiger partial charge < -0.3 is 14.7 Å². The highest BCUT2D eigenvalue weighted by Gasteiger charge is 2.13. The first-order chi connectivity index (χ1) is 8.20. The molecule has 0 bridgehead atoms. The van der Waals surface area contributed by atoms with Crippen LogP contribution in [0.3, 0.4) is 0 Å². The summed E-state index contributed by atoms with van der Waals surface area (Å²) in [4.78, 5) is 6.48. The number of hydrogen-bond acceptors (Lipinski definition) is 4. The van der Waals surface area contributed by atoms with E-state index in [1.807, 2.05) is 19.1 Å². The van der Waals surface area contributed by atoms with Crippen molar-refractivity contribution in [2.75, 3.05) is 31.2 Å². The summed E-state index contributed by atoms with van der Waals surface area (Å²) in [7, 11) is 0. The zero-order valence-electron chi connectivity index (χ0n) is 10.9. The van der Waals surface area contributed by atoms with E-state index < -0.39 is 6.10 Å². The molecule has 1 aromatic rings. The largest absolute Gasteiger partial charge is 0.389 e. The van der Waals surface area contributed by atoms with Crippen molar-refractivity contribution < 1.29 is 9.84 Å². The van der Waals surface area contributed by atoms with Gasteiger partial charge in [0.15, 0.2) is 0 Å². The monoisotopic (exact) mass is 238 g/mol. The van der Waals surface area contributed by atoms with Gasteiger partial charge in [0.2, 0.25) is 0 Å². The Morgan fingerprint density at radius 3 is 2.82 bits per heavy atom. The molecule has 0 amide bonds. The molecule has 0 fully saturated rings. The van der Waals surface area contributed by atoms with Crippen molar-refractivity contribution in [3.05, 3.63) is 23.9 Å². The number of aliphatic hydroxyl groups is 1. The van der Waals surface area contributed by atoms with Crippen LogP contribution in [-0.2, 0) is 4.74 Å². The van der Waals surface area contributed by atoms with Gasteiger partial charge >= 0.3 is 0 Å². The van der Waals surface area contributed by atoms with Crippen LogP contribution in [0.15, 0.2) is 18.3 Å². The molecular weight excluding hydrogens is 216 g/mol. The van der Waals surface area contributed by atoms with Gasteiger partial charge in [0.1, 0.15) is 5.82 Å². The van der Waals surface area contributed by atoms with E-state index in [0.29, 0.717) is 6.61 Å². The second-order valence-electron chi connectivity index (χ2n) is 3.87. The minimum atomic E-state index is -0.500. The second-order valence-corrected chi connectivity index (χ2v) is 3.87. The Hall–Kier alpha value is -1.13. The van der Waals surface area contributed by atoms with Crippen molar-refractivity contribution in [2.45, 2.75) is 26.9 Å². The van der Waals surface area contributed by atoms with Gasteiger partial charge in [-0.2, -0.15) is 0 Å². The summed E-state index contributed by atoms with van der Waals surface area (Å²) in [5, 5.41) is 9.72. The molecule has 0 radical (unpaired) electrons. The smallest absolute Gasteiger partial charge is 0.134 e. The topological polar surface area (TPSA) is 45.6 Å². The molecule has 0 aromatic carbocycles. The maximum absolute atomic E-state index is 9.72. The molecule has 0 saturated carbocycles. The van der Waals surface area contributed by atoms with Gasteiger partial charge in [-0.15, -0.1) is 0 Å². The third kappa shape index (κ3) is 3.98. The molecule has 0 saturated heterocycles. The van der Waals surface area contributed by atoms with Crippen LogP contribution < -0.4 is 4.90 Å². The second kappa shape index (κ2) is 7.25. The number of likely N-dealkylation sites (N-methyl/N-ethyl adjacent to an activating group) is 1. The molecule has 0 aliphatic carbocycles. The zero-order valence-corrected chi connectivity index (χ0v) is 10.9. The van der Waals surface area contributed by atoms with E-state index in [4.69, 9.17) is 4.74 Å². The normalized spacial score (nSPS) is 12.5. The zero-order chi connectivity index (χ0) is 12.7. The fourth-order valence-corrected chi connectivity index (χ4v) is 1.73. The SMILES string of the molecule is CCOCCN(CC)c1ncccc1[C@@H](C)O. The van der Waals surface area contributed by atoms with Gasteiger partial charge in [-0.3, -0.25) is 0 Å². The highest BCUT2D eigenvalue weighted by molar-refractivity contribution is 5.47. The molecule has 1 N–H and O–H groups in total. The molecule has 1 heterocycles. The van der Waals surface area contributed by atoms with E-state index in [-0.39, 0.29) is 0 Å². The Balaban J connectivity index is 2.79. The van der Waals surface area contributed by atoms with E-state index >= 15 is 0 Å². The molecular formula is C13H22N2O2. The predicted octanol–water partition coefficient (Wildman–Crippen LogP) is 2.00. The lowest BCUT2D eigenvalue weighted by Gasteiger charge is -2.25. The van der Waals surface area contributed by atoms with Crippen molar-refractivity contribution >= 4 is 5.82 Å². The van der Waals surface area contributed by atoms with Crippen molar-refractivity contribution in [2.24, 2.45) is 0 Å². The number of aromatic nitrogens is 1. The summed E-state index contributed by atoms with van der Waals surface area (Å²) in [6.07, 6.45) is 1.25. The van der Waals surface area contributed by atoms with Gasteiger partial charge in [0.05, 0.1) is 12.7 Å². The third-order valence-corrected chi connectivity index (χ3v) is 2.66. The highest BCUT2D eigenvalue weighted by Crippen LogP contribution is 2.23. The molecule has 96 valence electrons. The Kier molecular flexibility index (Phi) is 5.94. The molecule has 1 atom stereocenters. The van der Waals surface area contributed by atoms with E-state index in [2.05, 4.69) is 16.8 Å². The molecule has 17 heavy (non-hydrogen) atoms. The highest BCUT2D eigenvalue weighted by atomic mass is 16.5.